The first-order valence-electron chi connectivity index (χ1n) is 8.11. The third-order valence-corrected chi connectivity index (χ3v) is 6.47. The molecule has 2 atom stereocenters. The lowest BCUT2D eigenvalue weighted by Crippen LogP contribution is -2.33. The number of aliphatic hydroxyl groups is 1. The third-order valence-electron chi connectivity index (χ3n) is 4.51. The van der Waals surface area contributed by atoms with E-state index < -0.39 is 22.0 Å². The summed E-state index contributed by atoms with van der Waals surface area (Å²) in [6.45, 7) is 0.284. The van der Waals surface area contributed by atoms with E-state index in [0.717, 1.165) is 4.31 Å². The molecule has 1 aliphatic heterocycles. The van der Waals surface area contributed by atoms with E-state index in [-0.39, 0.29) is 24.7 Å². The maximum atomic E-state index is 13.0. The topological polar surface area (TPSA) is 109 Å². The van der Waals surface area contributed by atoms with Crippen LogP contribution in [0.15, 0.2) is 36.9 Å². The van der Waals surface area contributed by atoms with Crippen molar-refractivity contribution in [2.24, 2.45) is 5.92 Å². The van der Waals surface area contributed by atoms with Gasteiger partial charge in [-0.3, -0.25) is 9.36 Å². The lowest BCUT2D eigenvalue weighted by molar-refractivity contribution is 0.0764. The summed E-state index contributed by atoms with van der Waals surface area (Å²) in [6.07, 6.45) is 2.12. The average molecular weight is 379 g/mol. The third kappa shape index (κ3) is 3.62. The summed E-state index contributed by atoms with van der Waals surface area (Å²) in [5.41, 5.74) is 1.07. The molecule has 26 heavy (non-hydrogen) atoms. The van der Waals surface area contributed by atoms with Crippen LogP contribution in [0, 0.1) is 5.92 Å². The van der Waals surface area contributed by atoms with Crippen LogP contribution in [0.2, 0.25) is 0 Å². The van der Waals surface area contributed by atoms with Gasteiger partial charge < -0.3 is 10.0 Å². The zero-order chi connectivity index (χ0) is 18.9. The number of sulfonamides is 1. The van der Waals surface area contributed by atoms with Gasteiger partial charge in [-0.25, -0.2) is 12.7 Å². The number of aromatic nitrogens is 3. The predicted molar refractivity (Wildman–Crippen MR) is 94.2 cm³/mol. The number of amides is 1. The molecule has 1 N–H and O–H groups in total. The van der Waals surface area contributed by atoms with Crippen molar-refractivity contribution >= 4 is 15.9 Å². The average Bonchev–Trinajstić information content (AvgIpc) is 3.24. The summed E-state index contributed by atoms with van der Waals surface area (Å²) in [5.74, 6) is -0.982. The Balaban J connectivity index is 1.80. The van der Waals surface area contributed by atoms with Gasteiger partial charge in [0.15, 0.2) is 0 Å². The summed E-state index contributed by atoms with van der Waals surface area (Å²) >= 11 is 0. The Hall–Kier alpha value is -2.30. The number of aliphatic hydroxyl groups excluding tert-OH is 1. The van der Waals surface area contributed by atoms with Gasteiger partial charge in [-0.1, -0.05) is 12.1 Å². The Morgan fingerprint density at radius 3 is 2.54 bits per heavy atom. The van der Waals surface area contributed by atoms with Gasteiger partial charge in [-0.2, -0.15) is 0 Å². The van der Waals surface area contributed by atoms with E-state index in [1.165, 1.54) is 31.6 Å². The summed E-state index contributed by atoms with van der Waals surface area (Å²) < 4.78 is 26.9. The predicted octanol–water partition coefficient (Wildman–Crippen LogP) is -0.408. The number of nitrogens with zero attached hydrogens (tertiary/aromatic N) is 5. The molecule has 0 unspecified atom stereocenters. The molecule has 2 aromatic rings. The summed E-state index contributed by atoms with van der Waals surface area (Å²) in [7, 11) is -0.550. The standard InChI is InChI=1S/C16H21N5O4S/c1-19(2)26(24,25)9-12-7-20(8-15(12)22)16(23)13-5-3-4-6-14(13)21-10-17-18-11-21/h3-6,10-12,15,22H,7-9H2,1-2H3/t12-,15-/m0/s1. The molecule has 3 rings (SSSR count). The van der Waals surface area contributed by atoms with Crippen molar-refractivity contribution in [3.63, 3.8) is 0 Å². The Kier molecular flexibility index (Phi) is 5.08. The van der Waals surface area contributed by atoms with Gasteiger partial charge >= 0.3 is 0 Å². The SMILES string of the molecule is CN(C)S(=O)(=O)C[C@@H]1CN(C(=O)c2ccccc2-n2cnnc2)C[C@@H]1O. The van der Waals surface area contributed by atoms with Crippen LogP contribution in [0.25, 0.3) is 5.69 Å². The lowest BCUT2D eigenvalue weighted by atomic mass is 10.1. The maximum absolute atomic E-state index is 13.0. The van der Waals surface area contributed by atoms with Gasteiger partial charge in [0.2, 0.25) is 10.0 Å². The minimum absolute atomic E-state index is 0.100. The first-order chi connectivity index (χ1) is 12.3. The second-order valence-electron chi connectivity index (χ2n) is 6.48. The molecule has 140 valence electrons. The molecule has 1 amide bonds. The van der Waals surface area contributed by atoms with Crippen molar-refractivity contribution in [2.45, 2.75) is 6.10 Å². The first kappa shape index (κ1) is 18.5. The summed E-state index contributed by atoms with van der Waals surface area (Å²) in [4.78, 5) is 14.4. The van der Waals surface area contributed by atoms with E-state index >= 15 is 0 Å². The number of carbonyl (C=O) groups is 1. The Morgan fingerprint density at radius 2 is 1.88 bits per heavy atom. The van der Waals surface area contributed by atoms with Crippen LogP contribution in [0.1, 0.15) is 10.4 Å². The lowest BCUT2D eigenvalue weighted by Gasteiger charge is -2.19. The molecule has 2 heterocycles. The molecule has 0 radical (unpaired) electrons. The van der Waals surface area contributed by atoms with Gasteiger partial charge in [0.1, 0.15) is 12.7 Å². The molecular weight excluding hydrogens is 358 g/mol. The zero-order valence-electron chi connectivity index (χ0n) is 14.6. The van der Waals surface area contributed by atoms with Gasteiger partial charge in [0.05, 0.1) is 23.1 Å². The summed E-state index contributed by atoms with van der Waals surface area (Å²) in [5, 5.41) is 17.8. The smallest absolute Gasteiger partial charge is 0.256 e. The van der Waals surface area contributed by atoms with Crippen molar-refractivity contribution in [1.82, 2.24) is 24.0 Å². The number of β-amino-alcohol motifs (C(OH)–C–C–N with tert-alkyl or cyclic N) is 1. The first-order valence-corrected chi connectivity index (χ1v) is 9.72. The highest BCUT2D eigenvalue weighted by Crippen LogP contribution is 2.24. The molecular formula is C16H21N5O4S. The van der Waals surface area contributed by atoms with Gasteiger partial charge in [-0.15, -0.1) is 10.2 Å². The molecule has 1 aromatic carbocycles. The van der Waals surface area contributed by atoms with Crippen LogP contribution in [0.3, 0.4) is 0 Å². The molecule has 0 bridgehead atoms. The van der Waals surface area contributed by atoms with E-state index in [1.807, 2.05) is 0 Å². The largest absolute Gasteiger partial charge is 0.391 e. The molecule has 9 nitrogen and oxygen atoms in total. The molecule has 1 saturated heterocycles. The molecule has 10 heteroatoms. The molecule has 0 aliphatic carbocycles. The number of rotatable bonds is 5. The van der Waals surface area contributed by atoms with Gasteiger partial charge in [0, 0.05) is 33.1 Å². The number of likely N-dealkylation sites (tertiary alicyclic amines) is 1. The van der Waals surface area contributed by atoms with Crippen LogP contribution in [0.5, 0.6) is 0 Å². The number of carbonyl (C=O) groups excluding carboxylic acids is 1. The fourth-order valence-electron chi connectivity index (χ4n) is 2.98. The fourth-order valence-corrected chi connectivity index (χ4v) is 4.15. The van der Waals surface area contributed by atoms with Gasteiger partial charge in [-0.05, 0) is 12.1 Å². The van der Waals surface area contributed by atoms with Crippen LogP contribution in [-0.4, -0.2) is 82.4 Å². The van der Waals surface area contributed by atoms with Crippen LogP contribution >= 0.6 is 0 Å². The Bertz CT molecular complexity index is 882. The normalized spacial score (nSPS) is 20.7. The second-order valence-corrected chi connectivity index (χ2v) is 8.71. The molecule has 1 aromatic heterocycles. The van der Waals surface area contributed by atoms with Crippen molar-refractivity contribution < 1.29 is 18.3 Å². The van der Waals surface area contributed by atoms with Crippen molar-refractivity contribution in [3.8, 4) is 5.69 Å². The highest BCUT2D eigenvalue weighted by atomic mass is 32.2. The number of para-hydroxylation sites is 1. The monoisotopic (exact) mass is 379 g/mol. The van der Waals surface area contributed by atoms with Crippen LogP contribution in [-0.2, 0) is 10.0 Å². The van der Waals surface area contributed by atoms with Crippen molar-refractivity contribution in [2.75, 3.05) is 32.9 Å². The van der Waals surface area contributed by atoms with Gasteiger partial charge in [0.25, 0.3) is 5.91 Å². The zero-order valence-corrected chi connectivity index (χ0v) is 15.4. The van der Waals surface area contributed by atoms with E-state index in [1.54, 1.807) is 28.8 Å². The minimum atomic E-state index is -3.46. The Labute approximate surface area is 151 Å². The number of hydrogen-bond donors (Lipinski definition) is 1. The quantitative estimate of drug-likeness (QED) is 0.757. The highest BCUT2D eigenvalue weighted by molar-refractivity contribution is 7.89. The molecule has 1 fully saturated rings. The van der Waals surface area contributed by atoms with E-state index in [2.05, 4.69) is 10.2 Å². The fraction of sp³-hybridized carbons (Fsp3) is 0.438. The van der Waals surface area contributed by atoms with Crippen molar-refractivity contribution in [3.05, 3.63) is 42.5 Å². The van der Waals surface area contributed by atoms with Crippen LogP contribution < -0.4 is 0 Å². The number of benzene rings is 1. The van der Waals surface area contributed by atoms with E-state index in [4.69, 9.17) is 0 Å². The van der Waals surface area contributed by atoms with E-state index in [0.29, 0.717) is 11.3 Å². The van der Waals surface area contributed by atoms with Crippen molar-refractivity contribution in [1.29, 1.82) is 0 Å². The second kappa shape index (κ2) is 7.14. The number of hydrogen-bond acceptors (Lipinski definition) is 6. The van der Waals surface area contributed by atoms with Crippen LogP contribution in [0.4, 0.5) is 0 Å². The molecule has 0 saturated carbocycles. The van der Waals surface area contributed by atoms with E-state index in [9.17, 15) is 18.3 Å². The maximum Gasteiger partial charge on any atom is 0.256 e. The summed E-state index contributed by atoms with van der Waals surface area (Å²) in [6, 6.07) is 7.02. The molecule has 0 spiro atoms. The molecule has 1 aliphatic rings. The highest BCUT2D eigenvalue weighted by Gasteiger charge is 2.38. The Morgan fingerprint density at radius 1 is 1.23 bits per heavy atom. The minimum Gasteiger partial charge on any atom is -0.391 e.